The average molecular weight is 197 g/mol. The number of fused-ring (bicyclic) bond motifs is 1. The second-order valence-electron chi connectivity index (χ2n) is 6.77. The van der Waals surface area contributed by atoms with Crippen molar-refractivity contribution in [3.63, 3.8) is 0 Å². The van der Waals surface area contributed by atoms with Crippen LogP contribution in [0.4, 0.5) is 0 Å². The lowest BCUT2D eigenvalue weighted by molar-refractivity contribution is 0.00595. The van der Waals surface area contributed by atoms with Crippen LogP contribution in [0, 0.1) is 5.41 Å². The Hall–Kier alpha value is -0.0800. The van der Waals surface area contributed by atoms with E-state index >= 15 is 0 Å². The van der Waals surface area contributed by atoms with Crippen LogP contribution in [0.1, 0.15) is 41.5 Å². The van der Waals surface area contributed by atoms with Gasteiger partial charge in [-0.05, 0) is 26.2 Å². The molecule has 0 spiro atoms. The Morgan fingerprint density at radius 3 is 2.00 bits per heavy atom. The van der Waals surface area contributed by atoms with Gasteiger partial charge in [0.1, 0.15) is 6.10 Å². The Morgan fingerprint density at radius 2 is 1.64 bits per heavy atom. The van der Waals surface area contributed by atoms with Crippen LogP contribution in [0.2, 0.25) is 0 Å². The molecular formula is C12H23NO. The van der Waals surface area contributed by atoms with Crippen LogP contribution in [0.15, 0.2) is 0 Å². The highest BCUT2D eigenvalue weighted by Gasteiger charge is 2.59. The van der Waals surface area contributed by atoms with Gasteiger partial charge in [-0.1, -0.05) is 20.8 Å². The van der Waals surface area contributed by atoms with Gasteiger partial charge < -0.3 is 4.74 Å². The molecule has 0 bridgehead atoms. The van der Waals surface area contributed by atoms with Gasteiger partial charge in [-0.2, -0.15) is 0 Å². The summed E-state index contributed by atoms with van der Waals surface area (Å²) in [6, 6.07) is 0.590. The molecule has 2 heterocycles. The molecule has 3 atom stereocenters. The van der Waals surface area contributed by atoms with Crippen LogP contribution in [-0.2, 0) is 4.74 Å². The lowest BCUT2D eigenvalue weighted by atomic mass is 9.83. The fraction of sp³-hybridized carbons (Fsp3) is 1.00. The third-order valence-corrected chi connectivity index (χ3v) is 3.39. The van der Waals surface area contributed by atoms with E-state index in [0.29, 0.717) is 23.7 Å². The standard InChI is InChI=1S/C12H23NO/c1-11(2,3)10-9-8(14-9)7-13(10)12(4,5)6/h8-10H,7H2,1-6H3. The van der Waals surface area contributed by atoms with Crippen LogP contribution in [0.25, 0.3) is 0 Å². The van der Waals surface area contributed by atoms with Crippen molar-refractivity contribution >= 4 is 0 Å². The van der Waals surface area contributed by atoms with Gasteiger partial charge in [0.05, 0.1) is 6.10 Å². The molecule has 2 nitrogen and oxygen atoms in total. The Kier molecular flexibility index (Phi) is 2.04. The molecular weight excluding hydrogens is 174 g/mol. The second kappa shape index (κ2) is 2.73. The van der Waals surface area contributed by atoms with Gasteiger partial charge in [0.2, 0.25) is 0 Å². The minimum atomic E-state index is 0.273. The molecule has 0 N–H and O–H groups in total. The van der Waals surface area contributed by atoms with Crippen molar-refractivity contribution < 1.29 is 4.74 Å². The van der Waals surface area contributed by atoms with Gasteiger partial charge in [0.15, 0.2) is 0 Å². The summed E-state index contributed by atoms with van der Waals surface area (Å²) in [6.45, 7) is 15.0. The van der Waals surface area contributed by atoms with Crippen molar-refractivity contribution in [2.75, 3.05) is 6.54 Å². The Bertz CT molecular complexity index is 236. The maximum atomic E-state index is 5.68. The molecule has 0 saturated carbocycles. The Balaban J connectivity index is 2.20. The molecule has 2 aliphatic rings. The van der Waals surface area contributed by atoms with Gasteiger partial charge in [0.25, 0.3) is 0 Å². The molecule has 0 aromatic carbocycles. The van der Waals surface area contributed by atoms with Crippen LogP contribution in [0.5, 0.6) is 0 Å². The molecule has 2 heteroatoms. The number of epoxide rings is 1. The molecule has 82 valence electrons. The maximum absolute atomic E-state index is 5.68. The predicted molar refractivity (Wildman–Crippen MR) is 58.4 cm³/mol. The summed E-state index contributed by atoms with van der Waals surface area (Å²) in [5.41, 5.74) is 0.595. The van der Waals surface area contributed by atoms with E-state index in [4.69, 9.17) is 4.74 Å². The Morgan fingerprint density at radius 1 is 1.07 bits per heavy atom. The third-order valence-electron chi connectivity index (χ3n) is 3.39. The van der Waals surface area contributed by atoms with E-state index in [9.17, 15) is 0 Å². The molecule has 14 heavy (non-hydrogen) atoms. The van der Waals surface area contributed by atoms with Gasteiger partial charge in [-0.3, -0.25) is 4.90 Å². The lowest BCUT2D eigenvalue weighted by Gasteiger charge is -2.44. The molecule has 2 fully saturated rings. The first-order valence-corrected chi connectivity index (χ1v) is 5.63. The summed E-state index contributed by atoms with van der Waals surface area (Å²) in [4.78, 5) is 2.62. The molecule has 0 amide bonds. The zero-order valence-electron chi connectivity index (χ0n) is 10.3. The zero-order chi connectivity index (χ0) is 10.7. The topological polar surface area (TPSA) is 15.8 Å². The van der Waals surface area contributed by atoms with E-state index in [1.807, 2.05) is 0 Å². The van der Waals surface area contributed by atoms with Crippen molar-refractivity contribution in [1.29, 1.82) is 0 Å². The van der Waals surface area contributed by atoms with E-state index in [1.54, 1.807) is 0 Å². The first kappa shape index (κ1) is 10.4. The number of ether oxygens (including phenoxy) is 1. The van der Waals surface area contributed by atoms with E-state index < -0.39 is 0 Å². The van der Waals surface area contributed by atoms with Crippen molar-refractivity contribution in [2.24, 2.45) is 5.41 Å². The van der Waals surface area contributed by atoms with Crippen molar-refractivity contribution in [3.05, 3.63) is 0 Å². The smallest absolute Gasteiger partial charge is 0.101 e. The van der Waals surface area contributed by atoms with Gasteiger partial charge in [-0.15, -0.1) is 0 Å². The largest absolute Gasteiger partial charge is 0.366 e. The highest BCUT2D eigenvalue weighted by atomic mass is 16.6. The monoisotopic (exact) mass is 197 g/mol. The molecule has 2 rings (SSSR count). The van der Waals surface area contributed by atoms with Crippen molar-refractivity contribution in [2.45, 2.75) is 65.3 Å². The quantitative estimate of drug-likeness (QED) is 0.554. The van der Waals surface area contributed by atoms with Gasteiger partial charge in [0, 0.05) is 18.1 Å². The summed E-state index contributed by atoms with van der Waals surface area (Å²) >= 11 is 0. The highest BCUT2D eigenvalue weighted by Crippen LogP contribution is 2.46. The second-order valence-corrected chi connectivity index (χ2v) is 6.77. The van der Waals surface area contributed by atoms with E-state index in [-0.39, 0.29) is 5.54 Å². The van der Waals surface area contributed by atoms with Gasteiger partial charge in [-0.25, -0.2) is 0 Å². The summed E-state index contributed by atoms with van der Waals surface area (Å²) in [6.07, 6.45) is 1.03. The first-order chi connectivity index (χ1) is 6.21. The molecule has 2 saturated heterocycles. The summed E-state index contributed by atoms with van der Waals surface area (Å²) in [5.74, 6) is 0. The maximum Gasteiger partial charge on any atom is 0.101 e. The average Bonchev–Trinajstić information content (AvgIpc) is 2.56. The fourth-order valence-electron chi connectivity index (χ4n) is 2.72. The number of nitrogens with zero attached hydrogens (tertiary/aromatic N) is 1. The number of hydrogen-bond donors (Lipinski definition) is 0. The molecule has 0 radical (unpaired) electrons. The van der Waals surface area contributed by atoms with Gasteiger partial charge >= 0.3 is 0 Å². The number of rotatable bonds is 0. The fourth-order valence-corrected chi connectivity index (χ4v) is 2.72. The number of likely N-dealkylation sites (tertiary alicyclic amines) is 1. The molecule has 2 aliphatic heterocycles. The van der Waals surface area contributed by atoms with Crippen molar-refractivity contribution in [3.8, 4) is 0 Å². The van der Waals surface area contributed by atoms with Crippen molar-refractivity contribution in [1.82, 2.24) is 4.90 Å². The summed E-state index contributed by atoms with van der Waals surface area (Å²) < 4.78 is 5.68. The van der Waals surface area contributed by atoms with Crippen LogP contribution in [-0.4, -0.2) is 35.2 Å². The van der Waals surface area contributed by atoms with E-state index in [1.165, 1.54) is 0 Å². The number of morpholine rings is 1. The molecule has 0 aromatic heterocycles. The van der Waals surface area contributed by atoms with Crippen LogP contribution < -0.4 is 0 Å². The normalized spacial score (nSPS) is 38.6. The number of hydrogen-bond acceptors (Lipinski definition) is 2. The molecule has 0 aliphatic carbocycles. The summed E-state index contributed by atoms with van der Waals surface area (Å²) in [7, 11) is 0. The van der Waals surface area contributed by atoms with Crippen LogP contribution >= 0.6 is 0 Å². The molecule has 0 aromatic rings. The highest BCUT2D eigenvalue weighted by molar-refractivity contribution is 5.11. The third kappa shape index (κ3) is 1.59. The van der Waals surface area contributed by atoms with Crippen LogP contribution in [0.3, 0.4) is 0 Å². The lowest BCUT2D eigenvalue weighted by Crippen LogP contribution is -2.52. The molecule has 3 unspecified atom stereocenters. The minimum Gasteiger partial charge on any atom is -0.366 e. The Labute approximate surface area is 87.6 Å². The SMILES string of the molecule is CC(C)(C)C1C2OC2CN1C(C)(C)C. The van der Waals surface area contributed by atoms with E-state index in [2.05, 4.69) is 46.4 Å². The predicted octanol–water partition coefficient (Wildman–Crippen LogP) is 2.28. The minimum absolute atomic E-state index is 0.273. The summed E-state index contributed by atoms with van der Waals surface area (Å²) in [5, 5.41) is 0. The zero-order valence-corrected chi connectivity index (χ0v) is 10.3. The van der Waals surface area contributed by atoms with E-state index in [0.717, 1.165) is 6.54 Å². The first-order valence-electron chi connectivity index (χ1n) is 5.63.